The molecule has 17 nitrogen and oxygen atoms in total. The molecular formula is C29H24Cl2F3N4O13P. The Kier molecular flexibility index (Phi) is 15.3. The van der Waals surface area contributed by atoms with Crippen molar-refractivity contribution in [1.29, 1.82) is 0 Å². The summed E-state index contributed by atoms with van der Waals surface area (Å²) in [6, 6.07) is 16.9. The molecule has 0 heterocycles. The second kappa shape index (κ2) is 18.7. The molecule has 4 rings (SSSR count). The highest BCUT2D eigenvalue weighted by Crippen LogP contribution is 2.39. The van der Waals surface area contributed by atoms with Gasteiger partial charge in [0, 0.05) is 18.2 Å². The van der Waals surface area contributed by atoms with Crippen LogP contribution in [0.4, 0.5) is 30.2 Å². The van der Waals surface area contributed by atoms with Crippen molar-refractivity contribution in [2.45, 2.75) is 6.18 Å². The van der Waals surface area contributed by atoms with Gasteiger partial charge >= 0.3 is 25.7 Å². The Morgan fingerprint density at radius 2 is 1.40 bits per heavy atom. The van der Waals surface area contributed by atoms with Crippen LogP contribution in [-0.2, 0) is 15.5 Å². The Bertz CT molecular complexity index is 1980. The van der Waals surface area contributed by atoms with E-state index < -0.39 is 65.2 Å². The molecule has 0 aromatic heterocycles. The molecule has 0 bridgehead atoms. The highest BCUT2D eigenvalue weighted by molar-refractivity contribution is 7.51. The zero-order chi connectivity index (χ0) is 39.4. The van der Waals surface area contributed by atoms with Gasteiger partial charge in [0.25, 0.3) is 11.4 Å². The zero-order valence-electron chi connectivity index (χ0n) is 25.7. The van der Waals surface area contributed by atoms with Gasteiger partial charge in [-0.1, -0.05) is 41.4 Å². The lowest BCUT2D eigenvalue weighted by molar-refractivity contribution is -0.385. The summed E-state index contributed by atoms with van der Waals surface area (Å²) in [4.78, 5) is 57.1. The highest BCUT2D eigenvalue weighted by Gasteiger charge is 2.31. The Labute approximate surface area is 299 Å². The van der Waals surface area contributed by atoms with Crippen molar-refractivity contribution in [3.05, 3.63) is 120 Å². The first-order chi connectivity index (χ1) is 24.1. The van der Waals surface area contributed by atoms with Gasteiger partial charge in [-0.15, -0.1) is 0 Å². The van der Waals surface area contributed by atoms with Gasteiger partial charge in [0.15, 0.2) is 0 Å². The molecule has 4 aromatic rings. The Morgan fingerprint density at radius 1 is 0.846 bits per heavy atom. The van der Waals surface area contributed by atoms with Gasteiger partial charge in [0.2, 0.25) is 0 Å². The summed E-state index contributed by atoms with van der Waals surface area (Å²) in [5.41, 5.74) is 3.00. The first-order valence-electron chi connectivity index (χ1n) is 13.6. The number of nitrogens with one attached hydrogen (secondary N) is 1. The molecule has 0 atom stereocenters. The normalized spacial score (nSPS) is 10.8. The molecule has 0 saturated carbocycles. The molecule has 0 aliphatic rings. The minimum absolute atomic E-state index is 0.0352. The number of hydrogen-bond acceptors (Lipinski definition) is 11. The van der Waals surface area contributed by atoms with Crippen LogP contribution in [0.5, 0.6) is 23.0 Å². The van der Waals surface area contributed by atoms with Crippen molar-refractivity contribution in [3.8, 4) is 23.0 Å². The van der Waals surface area contributed by atoms with E-state index in [4.69, 9.17) is 58.4 Å². The lowest BCUT2D eigenvalue weighted by Crippen LogP contribution is -2.23. The number of nitrogens with two attached hydrogens (primary N) is 1. The molecule has 4 aromatic carbocycles. The summed E-state index contributed by atoms with van der Waals surface area (Å²) in [6.45, 7) is -0.439. The number of aromatic carboxylic acids is 1. The maximum absolute atomic E-state index is 12.6. The first-order valence-corrected chi connectivity index (χ1v) is 16.1. The van der Waals surface area contributed by atoms with E-state index in [9.17, 15) is 47.6 Å². The molecule has 23 heteroatoms. The number of benzene rings is 4. The Hall–Kier alpha value is -5.50. The Morgan fingerprint density at radius 3 is 1.90 bits per heavy atom. The second-order valence-electron chi connectivity index (χ2n) is 9.61. The summed E-state index contributed by atoms with van der Waals surface area (Å²) < 4.78 is 58.4. The fourth-order valence-corrected chi connectivity index (χ4v) is 4.34. The number of nitrogens with zero attached hydrogens (tertiary/aromatic N) is 2. The molecular weight excluding hydrogens is 771 g/mol. The number of carbonyl (C=O) groups is 2. The topological polar surface area (TPSA) is 275 Å². The smallest absolute Gasteiger partial charge is 0.416 e. The van der Waals surface area contributed by atoms with Crippen molar-refractivity contribution in [3.63, 3.8) is 0 Å². The van der Waals surface area contributed by atoms with Crippen LogP contribution in [0.15, 0.2) is 78.9 Å². The van der Waals surface area contributed by atoms with E-state index in [2.05, 4.69) is 5.32 Å². The first kappa shape index (κ1) is 42.7. The molecule has 7 N–H and O–H groups in total. The van der Waals surface area contributed by atoms with Crippen LogP contribution in [0.25, 0.3) is 0 Å². The van der Waals surface area contributed by atoms with Crippen LogP contribution in [0.2, 0.25) is 10.0 Å². The largest absolute Gasteiger partial charge is 0.480 e. The maximum Gasteiger partial charge on any atom is 0.416 e. The molecule has 0 spiro atoms. The van der Waals surface area contributed by atoms with Crippen LogP contribution in [0, 0.1) is 20.2 Å². The predicted molar refractivity (Wildman–Crippen MR) is 178 cm³/mol. The van der Waals surface area contributed by atoms with Crippen molar-refractivity contribution >= 4 is 59.8 Å². The Balaban J connectivity index is 0.000000294. The van der Waals surface area contributed by atoms with Gasteiger partial charge in [-0.3, -0.25) is 34.9 Å². The number of nitrogen functional groups attached to an aromatic ring is 1. The van der Waals surface area contributed by atoms with Gasteiger partial charge in [0.05, 0.1) is 33.3 Å². The lowest BCUT2D eigenvalue weighted by atomic mass is 10.1. The minimum Gasteiger partial charge on any atom is -0.480 e. The predicted octanol–water partition coefficient (Wildman–Crippen LogP) is 7.18. The summed E-state index contributed by atoms with van der Waals surface area (Å²) in [7, 11) is -4.10. The second-order valence-corrected chi connectivity index (χ2v) is 12.0. The van der Waals surface area contributed by atoms with Crippen molar-refractivity contribution in [1.82, 2.24) is 5.32 Å². The fourth-order valence-electron chi connectivity index (χ4n) is 3.52. The number of carboxylic acid groups (broad SMARTS) is 2. The third kappa shape index (κ3) is 13.7. The van der Waals surface area contributed by atoms with Crippen molar-refractivity contribution < 1.29 is 66.6 Å². The van der Waals surface area contributed by atoms with Crippen LogP contribution in [0.1, 0.15) is 15.9 Å². The van der Waals surface area contributed by atoms with E-state index in [0.29, 0.717) is 11.8 Å². The highest BCUT2D eigenvalue weighted by atomic mass is 35.5. The standard InChI is InChI=1S/C14H7ClF3NO5.C12H9ClN2O3.C3H8NO5P/c15-10-5-7(14(16,17)18)1-4-12(10)24-8-2-3-11(19(22)23)9(6-8)13(20)21;13-11-10(18-8-4-2-1-3-5-8)7-6-9(12(11)14)15(16)17;5-3(6)1-4-2-10(7,8)9/h1-6H,(H,20,21);1-7H,14H2;4H,1-2H2,(H,5,6)(H2,7,8,9). The number of alkyl halides is 3. The van der Waals surface area contributed by atoms with E-state index in [1.54, 1.807) is 24.3 Å². The van der Waals surface area contributed by atoms with Crippen molar-refractivity contribution in [2.75, 3.05) is 18.6 Å². The average Bonchev–Trinajstić information content (AvgIpc) is 3.04. The number of hydrogen-bond donors (Lipinski definition) is 6. The third-order valence-electron chi connectivity index (χ3n) is 5.77. The van der Waals surface area contributed by atoms with Gasteiger partial charge in [0.1, 0.15) is 39.3 Å². The monoisotopic (exact) mass is 794 g/mol. The zero-order valence-corrected chi connectivity index (χ0v) is 28.1. The molecule has 0 radical (unpaired) electrons. The lowest BCUT2D eigenvalue weighted by Gasteiger charge is -2.11. The molecule has 0 unspecified atom stereocenters. The number of ether oxygens (including phenoxy) is 2. The van der Waals surface area contributed by atoms with E-state index in [1.807, 2.05) is 6.07 Å². The summed E-state index contributed by atoms with van der Waals surface area (Å²) in [6.07, 6.45) is -5.18. The number of aliphatic carboxylic acids is 1. The van der Waals surface area contributed by atoms with Gasteiger partial charge in [-0.05, 0) is 42.5 Å². The van der Waals surface area contributed by atoms with E-state index in [0.717, 1.165) is 30.3 Å². The number of rotatable bonds is 11. The number of nitro benzene ring substituents is 2. The van der Waals surface area contributed by atoms with E-state index in [-0.39, 0.29) is 38.7 Å². The molecule has 0 amide bonds. The van der Waals surface area contributed by atoms with E-state index in [1.165, 1.54) is 12.1 Å². The molecule has 0 aliphatic carbocycles. The molecule has 0 aliphatic heterocycles. The van der Waals surface area contributed by atoms with Crippen molar-refractivity contribution in [2.24, 2.45) is 0 Å². The van der Waals surface area contributed by atoms with Gasteiger partial charge in [-0.25, -0.2) is 4.79 Å². The van der Waals surface area contributed by atoms with Crippen LogP contribution < -0.4 is 20.5 Å². The summed E-state index contributed by atoms with van der Waals surface area (Å²) in [5.74, 6) is -2.12. The van der Waals surface area contributed by atoms with Crippen LogP contribution in [-0.4, -0.2) is 54.6 Å². The number of anilines is 1. The molecule has 0 fully saturated rings. The van der Waals surface area contributed by atoms with Crippen LogP contribution >= 0.6 is 30.8 Å². The van der Waals surface area contributed by atoms with Crippen LogP contribution in [0.3, 0.4) is 0 Å². The third-order valence-corrected chi connectivity index (χ3v) is 7.09. The number of para-hydroxylation sites is 1. The SMILES string of the molecule is Nc1c([N+](=O)[O-])ccc(Oc2ccccc2)c1Cl.O=C(O)CNCP(=O)(O)O.O=C(O)c1cc(Oc2ccc(C(F)(F)F)cc2Cl)ccc1[N+](=O)[O-]. The molecule has 278 valence electrons. The number of halogens is 5. The van der Waals surface area contributed by atoms with E-state index >= 15 is 0 Å². The maximum atomic E-state index is 12.6. The number of carboxylic acids is 2. The molecule has 52 heavy (non-hydrogen) atoms. The summed E-state index contributed by atoms with van der Waals surface area (Å²) >= 11 is 11.7. The minimum atomic E-state index is -4.58. The average molecular weight is 795 g/mol. The van der Waals surface area contributed by atoms with Gasteiger partial charge in [-0.2, -0.15) is 13.2 Å². The molecule has 0 saturated heterocycles. The van der Waals surface area contributed by atoms with Gasteiger partial charge < -0.3 is 35.2 Å². The quantitative estimate of drug-likeness (QED) is 0.0380. The fraction of sp³-hybridized carbons (Fsp3) is 0.103. The summed E-state index contributed by atoms with van der Waals surface area (Å²) in [5, 5.41) is 40.1. The number of nitro groups is 2.